The Morgan fingerprint density at radius 2 is 2.05 bits per heavy atom. The van der Waals surface area contributed by atoms with Gasteiger partial charge in [-0.05, 0) is 12.1 Å². The molecule has 0 aliphatic rings. The van der Waals surface area contributed by atoms with Crippen LogP contribution in [0, 0.1) is 0 Å². The summed E-state index contributed by atoms with van der Waals surface area (Å²) in [6.45, 7) is 0. The Morgan fingerprint density at radius 1 is 1.32 bits per heavy atom. The summed E-state index contributed by atoms with van der Waals surface area (Å²) in [6, 6.07) is 6.05. The van der Waals surface area contributed by atoms with Crippen LogP contribution in [-0.2, 0) is 0 Å². The summed E-state index contributed by atoms with van der Waals surface area (Å²) in [5.41, 5.74) is -0.112. The van der Waals surface area contributed by atoms with Crippen LogP contribution in [0.4, 0.5) is 13.2 Å². The number of carbonyl (C=O) groups is 1. The number of hydrogen-bond acceptors (Lipinski definition) is 4. The van der Waals surface area contributed by atoms with Gasteiger partial charge in [-0.2, -0.15) is 0 Å². The molecule has 0 aliphatic carbocycles. The lowest BCUT2D eigenvalue weighted by Gasteiger charge is -2.08. The molecule has 0 fully saturated rings. The standard InChI is InChI=1S/C11H6F3NO4/c12-11(13,14)18-7-3-1-2-6(4-7)9-5-8(10(16)17)15-19-9/h1-5H,(H,16,17). The van der Waals surface area contributed by atoms with Crippen molar-refractivity contribution < 1.29 is 32.3 Å². The number of carboxylic acid groups (broad SMARTS) is 1. The molecule has 2 aromatic rings. The molecule has 0 amide bonds. The van der Waals surface area contributed by atoms with Gasteiger partial charge in [0.1, 0.15) is 5.75 Å². The number of hydrogen-bond donors (Lipinski definition) is 1. The van der Waals surface area contributed by atoms with Gasteiger partial charge in [0.25, 0.3) is 0 Å². The molecule has 19 heavy (non-hydrogen) atoms. The van der Waals surface area contributed by atoms with E-state index in [0.717, 1.165) is 18.2 Å². The zero-order valence-electron chi connectivity index (χ0n) is 9.14. The maximum Gasteiger partial charge on any atom is 0.573 e. The largest absolute Gasteiger partial charge is 0.573 e. The van der Waals surface area contributed by atoms with E-state index >= 15 is 0 Å². The highest BCUT2D eigenvalue weighted by atomic mass is 19.4. The number of alkyl halides is 3. The van der Waals surface area contributed by atoms with Gasteiger partial charge < -0.3 is 14.4 Å². The van der Waals surface area contributed by atoms with Gasteiger partial charge in [-0.15, -0.1) is 13.2 Å². The molecule has 0 bridgehead atoms. The normalized spacial score (nSPS) is 11.3. The highest BCUT2D eigenvalue weighted by Crippen LogP contribution is 2.28. The molecule has 5 nitrogen and oxygen atoms in total. The Morgan fingerprint density at radius 3 is 2.63 bits per heavy atom. The lowest BCUT2D eigenvalue weighted by molar-refractivity contribution is -0.274. The van der Waals surface area contributed by atoms with Crippen LogP contribution in [-0.4, -0.2) is 22.6 Å². The van der Waals surface area contributed by atoms with Crippen LogP contribution in [0.15, 0.2) is 34.9 Å². The number of benzene rings is 1. The highest BCUT2D eigenvalue weighted by Gasteiger charge is 2.31. The lowest BCUT2D eigenvalue weighted by atomic mass is 10.1. The van der Waals surface area contributed by atoms with Crippen LogP contribution >= 0.6 is 0 Å². The number of aromatic carboxylic acids is 1. The Labute approximate surface area is 104 Å². The second-order valence-corrected chi connectivity index (χ2v) is 3.46. The minimum atomic E-state index is -4.80. The molecular formula is C11H6F3NO4. The third-order valence-corrected chi connectivity index (χ3v) is 2.08. The van der Waals surface area contributed by atoms with Gasteiger partial charge in [0.2, 0.25) is 0 Å². The first-order chi connectivity index (χ1) is 8.85. The van der Waals surface area contributed by atoms with Gasteiger partial charge in [-0.1, -0.05) is 17.3 Å². The van der Waals surface area contributed by atoms with Gasteiger partial charge >= 0.3 is 12.3 Å². The van der Waals surface area contributed by atoms with Crippen molar-refractivity contribution in [3.05, 3.63) is 36.0 Å². The number of halogens is 3. The van der Waals surface area contributed by atoms with Crippen LogP contribution in [0.1, 0.15) is 10.5 Å². The van der Waals surface area contributed by atoms with Crippen LogP contribution < -0.4 is 4.74 Å². The van der Waals surface area contributed by atoms with Crippen LogP contribution in [0.3, 0.4) is 0 Å². The monoisotopic (exact) mass is 273 g/mol. The topological polar surface area (TPSA) is 72.6 Å². The second kappa shape index (κ2) is 4.63. The number of nitrogens with zero attached hydrogens (tertiary/aromatic N) is 1. The summed E-state index contributed by atoms with van der Waals surface area (Å²) in [7, 11) is 0. The summed E-state index contributed by atoms with van der Waals surface area (Å²) in [5.74, 6) is -1.69. The predicted molar refractivity (Wildman–Crippen MR) is 55.6 cm³/mol. The van der Waals surface area contributed by atoms with Crippen LogP contribution in [0.2, 0.25) is 0 Å². The van der Waals surface area contributed by atoms with E-state index in [0.29, 0.717) is 0 Å². The summed E-state index contributed by atoms with van der Waals surface area (Å²) in [6.07, 6.45) is -4.80. The van der Waals surface area contributed by atoms with E-state index < -0.39 is 18.1 Å². The fourth-order valence-corrected chi connectivity index (χ4v) is 1.36. The van der Waals surface area contributed by atoms with Crippen molar-refractivity contribution in [1.29, 1.82) is 0 Å². The van der Waals surface area contributed by atoms with E-state index in [1.165, 1.54) is 12.1 Å². The van der Waals surface area contributed by atoms with Crippen LogP contribution in [0.25, 0.3) is 11.3 Å². The molecular weight excluding hydrogens is 267 g/mol. The summed E-state index contributed by atoms with van der Waals surface area (Å²) in [5, 5.41) is 11.9. The molecule has 0 unspecified atom stereocenters. The predicted octanol–water partition coefficient (Wildman–Crippen LogP) is 2.94. The lowest BCUT2D eigenvalue weighted by Crippen LogP contribution is -2.17. The third kappa shape index (κ3) is 3.24. The molecule has 0 radical (unpaired) electrons. The first kappa shape index (κ1) is 12.9. The summed E-state index contributed by atoms with van der Waals surface area (Å²) < 4.78 is 44.6. The van der Waals surface area contributed by atoms with Crippen molar-refractivity contribution in [2.45, 2.75) is 6.36 Å². The number of rotatable bonds is 3. The SMILES string of the molecule is O=C(O)c1cc(-c2cccc(OC(F)(F)F)c2)on1. The van der Waals surface area contributed by atoms with Crippen molar-refractivity contribution in [2.75, 3.05) is 0 Å². The molecule has 0 aliphatic heterocycles. The summed E-state index contributed by atoms with van der Waals surface area (Å²) >= 11 is 0. The zero-order chi connectivity index (χ0) is 14.0. The van der Waals surface area contributed by atoms with E-state index in [1.807, 2.05) is 0 Å². The highest BCUT2D eigenvalue weighted by molar-refractivity contribution is 5.86. The van der Waals surface area contributed by atoms with E-state index in [9.17, 15) is 18.0 Å². The van der Waals surface area contributed by atoms with E-state index in [-0.39, 0.29) is 17.0 Å². The number of carboxylic acids is 1. The average Bonchev–Trinajstić information content (AvgIpc) is 2.76. The van der Waals surface area contributed by atoms with E-state index in [1.54, 1.807) is 0 Å². The average molecular weight is 273 g/mol. The minimum Gasteiger partial charge on any atom is -0.476 e. The molecule has 8 heteroatoms. The van der Waals surface area contributed by atoms with Gasteiger partial charge in [-0.25, -0.2) is 4.79 Å². The Kier molecular flexibility index (Phi) is 3.16. The Hall–Kier alpha value is -2.51. The maximum atomic E-state index is 12.0. The summed E-state index contributed by atoms with van der Waals surface area (Å²) in [4.78, 5) is 10.6. The first-order valence-corrected chi connectivity index (χ1v) is 4.91. The van der Waals surface area contributed by atoms with Crippen molar-refractivity contribution in [1.82, 2.24) is 5.16 Å². The molecule has 1 N–H and O–H groups in total. The Balaban J connectivity index is 2.29. The van der Waals surface area contributed by atoms with Crippen molar-refractivity contribution in [3.8, 4) is 17.1 Å². The zero-order valence-corrected chi connectivity index (χ0v) is 9.14. The van der Waals surface area contributed by atoms with Gasteiger partial charge in [0.15, 0.2) is 11.5 Å². The molecule has 0 atom stereocenters. The molecule has 1 heterocycles. The Bertz CT molecular complexity index is 606. The van der Waals surface area contributed by atoms with Gasteiger partial charge in [-0.3, -0.25) is 0 Å². The fourth-order valence-electron chi connectivity index (χ4n) is 1.36. The number of ether oxygens (including phenoxy) is 1. The van der Waals surface area contributed by atoms with Crippen molar-refractivity contribution >= 4 is 5.97 Å². The van der Waals surface area contributed by atoms with Gasteiger partial charge in [0.05, 0.1) is 0 Å². The third-order valence-electron chi connectivity index (χ3n) is 2.08. The first-order valence-electron chi connectivity index (χ1n) is 4.91. The molecule has 1 aromatic heterocycles. The molecule has 0 saturated heterocycles. The molecule has 100 valence electrons. The molecule has 0 saturated carbocycles. The van der Waals surface area contributed by atoms with Crippen molar-refractivity contribution in [2.24, 2.45) is 0 Å². The molecule has 1 aromatic carbocycles. The second-order valence-electron chi connectivity index (χ2n) is 3.46. The fraction of sp³-hybridized carbons (Fsp3) is 0.0909. The van der Waals surface area contributed by atoms with E-state index in [4.69, 9.17) is 9.63 Å². The maximum absolute atomic E-state index is 12.0. The molecule has 2 rings (SSSR count). The molecule has 0 spiro atoms. The van der Waals surface area contributed by atoms with E-state index in [2.05, 4.69) is 9.89 Å². The smallest absolute Gasteiger partial charge is 0.476 e. The minimum absolute atomic E-state index is 0.0324. The van der Waals surface area contributed by atoms with Crippen LogP contribution in [0.5, 0.6) is 5.75 Å². The number of aromatic nitrogens is 1. The quantitative estimate of drug-likeness (QED) is 0.930. The van der Waals surface area contributed by atoms with Gasteiger partial charge in [0, 0.05) is 11.6 Å². The van der Waals surface area contributed by atoms with Crippen molar-refractivity contribution in [3.63, 3.8) is 0 Å².